The molecule has 2 nitrogen and oxygen atoms in total. The van der Waals surface area contributed by atoms with E-state index in [0.717, 1.165) is 17.9 Å². The Morgan fingerprint density at radius 1 is 1.69 bits per heavy atom. The average molecular weight is 198 g/mol. The SMILES string of the molecule is OC(Cc1ccco1)C1CCSC1. The third kappa shape index (κ3) is 2.29. The van der Waals surface area contributed by atoms with Gasteiger partial charge in [-0.3, -0.25) is 0 Å². The van der Waals surface area contributed by atoms with Crippen LogP contribution in [-0.2, 0) is 6.42 Å². The molecule has 3 heteroatoms. The Balaban J connectivity index is 1.87. The quantitative estimate of drug-likeness (QED) is 0.805. The number of aliphatic hydroxyl groups is 1. The second-order valence-corrected chi connectivity index (χ2v) is 4.62. The van der Waals surface area contributed by atoms with Gasteiger partial charge in [0, 0.05) is 6.42 Å². The largest absolute Gasteiger partial charge is 0.469 e. The van der Waals surface area contributed by atoms with E-state index in [1.807, 2.05) is 23.9 Å². The lowest BCUT2D eigenvalue weighted by molar-refractivity contribution is 0.114. The average Bonchev–Trinajstić information content (AvgIpc) is 2.74. The van der Waals surface area contributed by atoms with Crippen LogP contribution in [0.3, 0.4) is 0 Å². The van der Waals surface area contributed by atoms with Gasteiger partial charge in [0.05, 0.1) is 12.4 Å². The summed E-state index contributed by atoms with van der Waals surface area (Å²) in [7, 11) is 0. The van der Waals surface area contributed by atoms with Crippen LogP contribution in [0.4, 0.5) is 0 Å². The van der Waals surface area contributed by atoms with Crippen molar-refractivity contribution in [3.63, 3.8) is 0 Å². The van der Waals surface area contributed by atoms with Crippen molar-refractivity contribution in [3.05, 3.63) is 24.2 Å². The maximum absolute atomic E-state index is 9.85. The predicted molar refractivity (Wildman–Crippen MR) is 53.9 cm³/mol. The number of aliphatic hydroxyl groups excluding tert-OH is 1. The second kappa shape index (κ2) is 4.20. The molecular formula is C10H14O2S. The lowest BCUT2D eigenvalue weighted by Crippen LogP contribution is -2.22. The van der Waals surface area contributed by atoms with Crippen LogP contribution in [0.1, 0.15) is 12.2 Å². The molecule has 72 valence electrons. The van der Waals surface area contributed by atoms with Gasteiger partial charge in [-0.1, -0.05) is 0 Å². The van der Waals surface area contributed by atoms with E-state index in [-0.39, 0.29) is 6.10 Å². The maximum atomic E-state index is 9.85. The summed E-state index contributed by atoms with van der Waals surface area (Å²) in [6.07, 6.45) is 3.25. The molecule has 1 aromatic rings. The van der Waals surface area contributed by atoms with Gasteiger partial charge in [0.2, 0.25) is 0 Å². The van der Waals surface area contributed by atoms with Gasteiger partial charge in [0.15, 0.2) is 0 Å². The molecule has 1 aromatic heterocycles. The van der Waals surface area contributed by atoms with Gasteiger partial charge in [0.1, 0.15) is 5.76 Å². The Bertz CT molecular complexity index is 239. The molecule has 0 aromatic carbocycles. The maximum Gasteiger partial charge on any atom is 0.106 e. The van der Waals surface area contributed by atoms with Crippen LogP contribution in [0.5, 0.6) is 0 Å². The van der Waals surface area contributed by atoms with Crippen molar-refractivity contribution in [1.82, 2.24) is 0 Å². The number of thioether (sulfide) groups is 1. The van der Waals surface area contributed by atoms with Crippen LogP contribution in [0, 0.1) is 5.92 Å². The van der Waals surface area contributed by atoms with E-state index in [0.29, 0.717) is 12.3 Å². The molecule has 1 fully saturated rings. The second-order valence-electron chi connectivity index (χ2n) is 3.47. The highest BCUT2D eigenvalue weighted by Crippen LogP contribution is 2.27. The Labute approximate surface area is 82.3 Å². The minimum Gasteiger partial charge on any atom is -0.469 e. The third-order valence-corrected chi connectivity index (χ3v) is 3.69. The topological polar surface area (TPSA) is 33.4 Å². The van der Waals surface area contributed by atoms with Crippen LogP contribution in [0.25, 0.3) is 0 Å². The minimum atomic E-state index is -0.221. The van der Waals surface area contributed by atoms with Crippen molar-refractivity contribution >= 4 is 11.8 Å². The molecular weight excluding hydrogens is 184 g/mol. The lowest BCUT2D eigenvalue weighted by atomic mass is 9.98. The zero-order chi connectivity index (χ0) is 9.10. The molecule has 1 aliphatic heterocycles. The molecule has 0 radical (unpaired) electrons. The monoisotopic (exact) mass is 198 g/mol. The number of hydrogen-bond donors (Lipinski definition) is 1. The fraction of sp³-hybridized carbons (Fsp3) is 0.600. The van der Waals surface area contributed by atoms with Gasteiger partial charge < -0.3 is 9.52 Å². The molecule has 1 aliphatic rings. The van der Waals surface area contributed by atoms with E-state index in [1.54, 1.807) is 6.26 Å². The summed E-state index contributed by atoms with van der Waals surface area (Å²) in [4.78, 5) is 0. The summed E-state index contributed by atoms with van der Waals surface area (Å²) in [6.45, 7) is 0. The van der Waals surface area contributed by atoms with Crippen LogP contribution >= 0.6 is 11.8 Å². The molecule has 0 bridgehead atoms. The highest BCUT2D eigenvalue weighted by Gasteiger charge is 2.24. The Kier molecular flexibility index (Phi) is 2.96. The van der Waals surface area contributed by atoms with E-state index >= 15 is 0 Å². The third-order valence-electron chi connectivity index (χ3n) is 2.50. The van der Waals surface area contributed by atoms with Crippen LogP contribution in [-0.4, -0.2) is 22.7 Å². The van der Waals surface area contributed by atoms with E-state index < -0.39 is 0 Å². The van der Waals surface area contributed by atoms with Crippen molar-refractivity contribution in [2.75, 3.05) is 11.5 Å². The van der Waals surface area contributed by atoms with E-state index in [1.165, 1.54) is 5.75 Å². The normalized spacial score (nSPS) is 24.8. The van der Waals surface area contributed by atoms with E-state index in [9.17, 15) is 5.11 Å². The van der Waals surface area contributed by atoms with Crippen molar-refractivity contribution in [2.24, 2.45) is 5.92 Å². The van der Waals surface area contributed by atoms with E-state index in [4.69, 9.17) is 4.42 Å². The first-order valence-electron chi connectivity index (χ1n) is 4.64. The van der Waals surface area contributed by atoms with Gasteiger partial charge in [-0.2, -0.15) is 11.8 Å². The zero-order valence-corrected chi connectivity index (χ0v) is 8.30. The minimum absolute atomic E-state index is 0.221. The van der Waals surface area contributed by atoms with Crippen LogP contribution < -0.4 is 0 Å². The standard InChI is InChI=1S/C10H14O2S/c11-10(8-3-5-13-7-8)6-9-2-1-4-12-9/h1-2,4,8,10-11H,3,5-7H2. The first kappa shape index (κ1) is 9.16. The van der Waals surface area contributed by atoms with Gasteiger partial charge in [-0.25, -0.2) is 0 Å². The van der Waals surface area contributed by atoms with Crippen molar-refractivity contribution in [1.29, 1.82) is 0 Å². The molecule has 0 aliphatic carbocycles. The Morgan fingerprint density at radius 3 is 3.23 bits per heavy atom. The Morgan fingerprint density at radius 2 is 2.62 bits per heavy atom. The van der Waals surface area contributed by atoms with E-state index in [2.05, 4.69) is 0 Å². The summed E-state index contributed by atoms with van der Waals surface area (Å²) in [6, 6.07) is 3.79. The molecule has 2 unspecified atom stereocenters. The molecule has 2 rings (SSSR count). The van der Waals surface area contributed by atoms with Gasteiger partial charge in [-0.05, 0) is 36.0 Å². The number of rotatable bonds is 3. The summed E-state index contributed by atoms with van der Waals surface area (Å²) >= 11 is 1.93. The van der Waals surface area contributed by atoms with Crippen LogP contribution in [0.15, 0.2) is 22.8 Å². The fourth-order valence-electron chi connectivity index (χ4n) is 1.66. The predicted octanol–water partition coefficient (Wildman–Crippen LogP) is 1.94. The van der Waals surface area contributed by atoms with Gasteiger partial charge >= 0.3 is 0 Å². The molecule has 2 atom stereocenters. The van der Waals surface area contributed by atoms with Gasteiger partial charge in [0.25, 0.3) is 0 Å². The molecule has 2 heterocycles. The molecule has 0 spiro atoms. The van der Waals surface area contributed by atoms with Crippen molar-refractivity contribution < 1.29 is 9.52 Å². The van der Waals surface area contributed by atoms with Crippen molar-refractivity contribution in [2.45, 2.75) is 18.9 Å². The van der Waals surface area contributed by atoms with Crippen LogP contribution in [0.2, 0.25) is 0 Å². The van der Waals surface area contributed by atoms with Crippen molar-refractivity contribution in [3.8, 4) is 0 Å². The van der Waals surface area contributed by atoms with Gasteiger partial charge in [-0.15, -0.1) is 0 Å². The molecule has 1 saturated heterocycles. The lowest BCUT2D eigenvalue weighted by Gasteiger charge is -2.15. The summed E-state index contributed by atoms with van der Waals surface area (Å²) < 4.78 is 5.20. The molecule has 0 saturated carbocycles. The number of furan rings is 1. The number of hydrogen-bond acceptors (Lipinski definition) is 3. The highest BCUT2D eigenvalue weighted by molar-refractivity contribution is 7.99. The first-order chi connectivity index (χ1) is 6.36. The molecule has 1 N–H and O–H groups in total. The smallest absolute Gasteiger partial charge is 0.106 e. The highest BCUT2D eigenvalue weighted by atomic mass is 32.2. The summed E-state index contributed by atoms with van der Waals surface area (Å²) in [5, 5.41) is 9.85. The molecule has 13 heavy (non-hydrogen) atoms. The Hall–Kier alpha value is -0.410. The summed E-state index contributed by atoms with van der Waals surface area (Å²) in [5.41, 5.74) is 0. The fourth-order valence-corrected chi connectivity index (χ4v) is 2.99. The zero-order valence-electron chi connectivity index (χ0n) is 7.48. The first-order valence-corrected chi connectivity index (χ1v) is 5.80. The summed E-state index contributed by atoms with van der Waals surface area (Å²) in [5.74, 6) is 3.65. The molecule has 0 amide bonds.